The van der Waals surface area contributed by atoms with Crippen LogP contribution in [0.15, 0.2) is 0 Å². The molecule has 2 unspecified atom stereocenters. The van der Waals surface area contributed by atoms with Crippen LogP contribution in [0.5, 0.6) is 0 Å². The molecule has 0 spiro atoms. The third kappa shape index (κ3) is 0.610. The van der Waals surface area contributed by atoms with E-state index in [0.29, 0.717) is 0 Å². The Bertz CT molecular complexity index is 147. The molecule has 1 saturated carbocycles. The second-order valence-corrected chi connectivity index (χ2v) is 3.10. The van der Waals surface area contributed by atoms with E-state index < -0.39 is 0 Å². The van der Waals surface area contributed by atoms with Crippen molar-refractivity contribution in [1.82, 2.24) is 4.90 Å². The summed E-state index contributed by atoms with van der Waals surface area (Å²) in [6, 6.07) is 0. The van der Waals surface area contributed by atoms with Crippen molar-refractivity contribution in [2.75, 3.05) is 13.1 Å². The Morgan fingerprint density at radius 3 is 2.11 bits per heavy atom. The lowest BCUT2D eigenvalue weighted by Crippen LogP contribution is -2.22. The molecule has 2 rings (SSSR count). The number of nitrogens with zero attached hydrogens (tertiary/aromatic N) is 2. The highest BCUT2D eigenvalue weighted by molar-refractivity contribution is 4.95. The molecule has 1 heterocycles. The highest BCUT2D eigenvalue weighted by atomic mass is 15.1. The van der Waals surface area contributed by atoms with E-state index in [1.54, 1.807) is 0 Å². The fourth-order valence-electron chi connectivity index (χ4n) is 1.84. The van der Waals surface area contributed by atoms with Crippen molar-refractivity contribution < 1.29 is 0 Å². The van der Waals surface area contributed by atoms with E-state index in [-0.39, 0.29) is 0 Å². The molecule has 0 radical (unpaired) electrons. The van der Waals surface area contributed by atoms with Crippen molar-refractivity contribution in [2.24, 2.45) is 11.8 Å². The average Bonchev–Trinajstić information content (AvgIpc) is 2.10. The molecule has 0 aromatic rings. The van der Waals surface area contributed by atoms with Gasteiger partial charge in [0, 0.05) is 13.1 Å². The van der Waals surface area contributed by atoms with E-state index >= 15 is 0 Å². The minimum atomic E-state index is 0.879. The summed E-state index contributed by atoms with van der Waals surface area (Å²) in [4.78, 5) is 1.89. The number of nitriles is 1. The Labute approximate surface area is 55.1 Å². The molecule has 1 aliphatic heterocycles. The summed E-state index contributed by atoms with van der Waals surface area (Å²) in [5, 5.41) is 8.51. The van der Waals surface area contributed by atoms with Gasteiger partial charge in [-0.3, -0.25) is 0 Å². The molecule has 0 bridgehead atoms. The Morgan fingerprint density at radius 2 is 1.78 bits per heavy atom. The Morgan fingerprint density at radius 1 is 1.22 bits per heavy atom. The zero-order valence-electron chi connectivity index (χ0n) is 5.38. The molecule has 0 aromatic carbocycles. The quantitative estimate of drug-likeness (QED) is 0.444. The molecule has 2 aliphatic rings. The lowest BCUT2D eigenvalue weighted by Gasteiger charge is -2.27. The van der Waals surface area contributed by atoms with Crippen LogP contribution in [0.2, 0.25) is 0 Å². The number of fused-ring (bicyclic) bond motifs is 1. The highest BCUT2D eigenvalue weighted by Gasteiger charge is 2.38. The zero-order valence-corrected chi connectivity index (χ0v) is 5.38. The van der Waals surface area contributed by atoms with Crippen molar-refractivity contribution >= 4 is 0 Å². The van der Waals surface area contributed by atoms with Crippen LogP contribution in [0.1, 0.15) is 12.8 Å². The fraction of sp³-hybridized carbons (Fsp3) is 0.857. The number of rotatable bonds is 0. The summed E-state index contributed by atoms with van der Waals surface area (Å²) in [5.74, 6) is 1.76. The van der Waals surface area contributed by atoms with E-state index in [0.717, 1.165) is 24.9 Å². The Hall–Kier alpha value is -0.710. The summed E-state index contributed by atoms with van der Waals surface area (Å²) in [5.41, 5.74) is 0. The monoisotopic (exact) mass is 122 g/mol. The van der Waals surface area contributed by atoms with Crippen molar-refractivity contribution in [3.05, 3.63) is 0 Å². The van der Waals surface area contributed by atoms with Gasteiger partial charge in [0.25, 0.3) is 0 Å². The Balaban J connectivity index is 2.01. The Kier molecular flexibility index (Phi) is 0.926. The first kappa shape index (κ1) is 5.10. The van der Waals surface area contributed by atoms with Gasteiger partial charge in [-0.15, -0.1) is 0 Å². The smallest absolute Gasteiger partial charge is 0.179 e. The summed E-state index contributed by atoms with van der Waals surface area (Å²) in [6.45, 7) is 2.09. The van der Waals surface area contributed by atoms with Crippen LogP contribution in [0, 0.1) is 23.3 Å². The lowest BCUT2D eigenvalue weighted by molar-refractivity contribution is 0.243. The maximum absolute atomic E-state index is 8.51. The van der Waals surface area contributed by atoms with Crippen LogP contribution < -0.4 is 0 Å². The largest absolute Gasteiger partial charge is 0.310 e. The van der Waals surface area contributed by atoms with Crippen LogP contribution in [-0.4, -0.2) is 18.0 Å². The molecule has 1 saturated heterocycles. The topological polar surface area (TPSA) is 27.0 Å². The number of likely N-dealkylation sites (tertiary alicyclic amines) is 1. The van der Waals surface area contributed by atoms with Gasteiger partial charge in [-0.05, 0) is 24.7 Å². The highest BCUT2D eigenvalue weighted by Crippen LogP contribution is 2.39. The second kappa shape index (κ2) is 1.63. The van der Waals surface area contributed by atoms with Gasteiger partial charge in [0.15, 0.2) is 6.19 Å². The minimum absolute atomic E-state index is 0.879. The summed E-state index contributed by atoms with van der Waals surface area (Å²) in [6.07, 6.45) is 4.93. The number of hydrogen-bond donors (Lipinski definition) is 0. The fourth-order valence-corrected chi connectivity index (χ4v) is 1.84. The first-order valence-electron chi connectivity index (χ1n) is 3.55. The van der Waals surface area contributed by atoms with E-state index in [4.69, 9.17) is 5.26 Å². The predicted molar refractivity (Wildman–Crippen MR) is 33.4 cm³/mol. The van der Waals surface area contributed by atoms with E-state index in [9.17, 15) is 0 Å². The first-order valence-corrected chi connectivity index (χ1v) is 3.55. The van der Waals surface area contributed by atoms with E-state index in [1.165, 1.54) is 12.8 Å². The minimum Gasteiger partial charge on any atom is -0.310 e. The number of hydrogen-bond acceptors (Lipinski definition) is 2. The van der Waals surface area contributed by atoms with Crippen molar-refractivity contribution in [3.8, 4) is 6.19 Å². The maximum Gasteiger partial charge on any atom is 0.179 e. The molecule has 0 aromatic heterocycles. The predicted octanol–water partition coefficient (Wildman–Crippen LogP) is 0.809. The van der Waals surface area contributed by atoms with Crippen LogP contribution in [-0.2, 0) is 0 Å². The molecule has 2 atom stereocenters. The molecule has 0 N–H and O–H groups in total. The van der Waals surface area contributed by atoms with Crippen molar-refractivity contribution in [1.29, 1.82) is 5.26 Å². The zero-order chi connectivity index (χ0) is 6.27. The summed E-state index contributed by atoms with van der Waals surface area (Å²) < 4.78 is 0. The summed E-state index contributed by atoms with van der Waals surface area (Å²) in [7, 11) is 0. The molecular weight excluding hydrogens is 112 g/mol. The summed E-state index contributed by atoms with van der Waals surface area (Å²) >= 11 is 0. The average molecular weight is 122 g/mol. The standard InChI is InChI=1S/C7H10N2/c8-5-9-3-6-1-2-7(6)4-9/h6-7H,1-4H2. The van der Waals surface area contributed by atoms with Crippen LogP contribution in [0.4, 0.5) is 0 Å². The molecule has 2 nitrogen and oxygen atoms in total. The van der Waals surface area contributed by atoms with Gasteiger partial charge in [0.1, 0.15) is 0 Å². The molecule has 0 amide bonds. The van der Waals surface area contributed by atoms with Gasteiger partial charge in [-0.25, -0.2) is 0 Å². The molecular formula is C7H10N2. The third-order valence-electron chi connectivity index (χ3n) is 2.63. The molecule has 2 heteroatoms. The van der Waals surface area contributed by atoms with E-state index in [1.807, 2.05) is 4.90 Å². The third-order valence-corrected chi connectivity index (χ3v) is 2.63. The van der Waals surface area contributed by atoms with Crippen LogP contribution in [0.3, 0.4) is 0 Å². The molecule has 2 fully saturated rings. The van der Waals surface area contributed by atoms with Gasteiger partial charge in [-0.2, -0.15) is 5.26 Å². The van der Waals surface area contributed by atoms with Gasteiger partial charge >= 0.3 is 0 Å². The normalized spacial score (nSPS) is 39.2. The van der Waals surface area contributed by atoms with Gasteiger partial charge < -0.3 is 4.90 Å². The van der Waals surface area contributed by atoms with Crippen LogP contribution >= 0.6 is 0 Å². The van der Waals surface area contributed by atoms with Crippen molar-refractivity contribution in [2.45, 2.75) is 12.8 Å². The lowest BCUT2D eigenvalue weighted by atomic mass is 9.77. The van der Waals surface area contributed by atoms with Gasteiger partial charge in [0.2, 0.25) is 0 Å². The second-order valence-electron chi connectivity index (χ2n) is 3.10. The molecule has 48 valence electrons. The SMILES string of the molecule is N#CN1CC2CCC2C1. The van der Waals surface area contributed by atoms with Gasteiger partial charge in [0.05, 0.1) is 0 Å². The molecule has 1 aliphatic carbocycles. The molecule has 9 heavy (non-hydrogen) atoms. The van der Waals surface area contributed by atoms with E-state index in [2.05, 4.69) is 6.19 Å². The first-order chi connectivity index (χ1) is 4.40. The maximum atomic E-state index is 8.51. The van der Waals surface area contributed by atoms with Crippen LogP contribution in [0.25, 0.3) is 0 Å². The van der Waals surface area contributed by atoms with Gasteiger partial charge in [-0.1, -0.05) is 0 Å². The van der Waals surface area contributed by atoms with Crippen molar-refractivity contribution in [3.63, 3.8) is 0 Å².